The molecule has 0 saturated carbocycles. The Morgan fingerprint density at radius 1 is 1.26 bits per heavy atom. The summed E-state index contributed by atoms with van der Waals surface area (Å²) in [6.45, 7) is 5.97. The third-order valence-electron chi connectivity index (χ3n) is 3.34. The van der Waals surface area contributed by atoms with E-state index in [1.165, 1.54) is 11.8 Å². The van der Waals surface area contributed by atoms with Crippen LogP contribution in [0.15, 0.2) is 24.3 Å². The molecule has 0 amide bonds. The van der Waals surface area contributed by atoms with Crippen LogP contribution in [-0.2, 0) is 16.3 Å². The predicted octanol–water partition coefficient (Wildman–Crippen LogP) is 2.68. The van der Waals surface area contributed by atoms with Gasteiger partial charge in [0.25, 0.3) is 0 Å². The minimum Gasteiger partial charge on any atom is -0.312 e. The van der Waals surface area contributed by atoms with E-state index >= 15 is 0 Å². The zero-order valence-corrected chi connectivity index (χ0v) is 13.5. The molecule has 1 rings (SSSR count). The molecule has 1 aromatic carbocycles. The number of hydrogen-bond donors (Lipinski definition) is 1. The van der Waals surface area contributed by atoms with Gasteiger partial charge in [-0.15, -0.1) is 0 Å². The summed E-state index contributed by atoms with van der Waals surface area (Å²) in [5.74, 6) is 0. The largest absolute Gasteiger partial charge is 0.312 e. The summed E-state index contributed by atoms with van der Waals surface area (Å²) in [5.41, 5.74) is 1.18. The first-order valence-electron chi connectivity index (χ1n) is 6.29. The van der Waals surface area contributed by atoms with Crippen LogP contribution in [0.1, 0.15) is 26.3 Å². The van der Waals surface area contributed by atoms with E-state index in [9.17, 15) is 8.42 Å². The Bertz CT molecular complexity index is 509. The summed E-state index contributed by atoms with van der Waals surface area (Å²) in [4.78, 5) is 0. The fourth-order valence-corrected chi connectivity index (χ4v) is 2.07. The van der Waals surface area contributed by atoms with Crippen LogP contribution in [0.4, 0.5) is 0 Å². The maximum Gasteiger partial charge on any atom is 0.153 e. The Morgan fingerprint density at radius 3 is 2.26 bits per heavy atom. The van der Waals surface area contributed by atoms with E-state index in [4.69, 9.17) is 11.6 Å². The SMILES string of the molecule is CC(Cc1ccc(Cl)cc1)NCC(C)(C)S(C)(=O)=O. The molecule has 19 heavy (non-hydrogen) atoms. The molecule has 0 heterocycles. The van der Waals surface area contributed by atoms with E-state index < -0.39 is 14.6 Å². The van der Waals surface area contributed by atoms with Gasteiger partial charge in [-0.05, 0) is 44.9 Å². The van der Waals surface area contributed by atoms with Crippen molar-refractivity contribution < 1.29 is 8.42 Å². The van der Waals surface area contributed by atoms with Gasteiger partial charge < -0.3 is 5.32 Å². The molecule has 1 atom stereocenters. The van der Waals surface area contributed by atoms with Gasteiger partial charge in [0.05, 0.1) is 4.75 Å². The number of rotatable bonds is 6. The van der Waals surface area contributed by atoms with E-state index in [-0.39, 0.29) is 6.04 Å². The molecule has 1 N–H and O–H groups in total. The molecule has 3 nitrogen and oxygen atoms in total. The van der Waals surface area contributed by atoms with Gasteiger partial charge in [0, 0.05) is 23.9 Å². The fourth-order valence-electron chi connectivity index (χ4n) is 1.60. The molecule has 0 aromatic heterocycles. The van der Waals surface area contributed by atoms with Gasteiger partial charge in [0.1, 0.15) is 0 Å². The summed E-state index contributed by atoms with van der Waals surface area (Å²) >= 11 is 5.84. The lowest BCUT2D eigenvalue weighted by molar-refractivity contribution is 0.478. The van der Waals surface area contributed by atoms with Crippen LogP contribution in [0.5, 0.6) is 0 Å². The quantitative estimate of drug-likeness (QED) is 0.879. The Morgan fingerprint density at radius 2 is 1.79 bits per heavy atom. The van der Waals surface area contributed by atoms with Crippen LogP contribution in [0.3, 0.4) is 0 Å². The molecule has 0 fully saturated rings. The van der Waals surface area contributed by atoms with Gasteiger partial charge in [-0.1, -0.05) is 23.7 Å². The second kappa shape index (κ2) is 6.25. The molecule has 108 valence electrons. The van der Waals surface area contributed by atoms with Crippen molar-refractivity contribution in [2.24, 2.45) is 0 Å². The predicted molar refractivity (Wildman–Crippen MR) is 81.5 cm³/mol. The van der Waals surface area contributed by atoms with Crippen molar-refractivity contribution in [2.75, 3.05) is 12.8 Å². The van der Waals surface area contributed by atoms with Crippen molar-refractivity contribution in [1.29, 1.82) is 0 Å². The number of nitrogens with one attached hydrogen (secondary N) is 1. The Hall–Kier alpha value is -0.580. The van der Waals surface area contributed by atoms with Gasteiger partial charge in [-0.25, -0.2) is 8.42 Å². The highest BCUT2D eigenvalue weighted by atomic mass is 35.5. The van der Waals surface area contributed by atoms with Crippen LogP contribution in [0.25, 0.3) is 0 Å². The smallest absolute Gasteiger partial charge is 0.153 e. The Labute approximate surface area is 121 Å². The second-order valence-electron chi connectivity index (χ2n) is 5.64. The molecule has 0 radical (unpaired) electrons. The minimum absolute atomic E-state index is 0.210. The number of hydrogen-bond acceptors (Lipinski definition) is 3. The average Bonchev–Trinajstić information content (AvgIpc) is 2.28. The monoisotopic (exact) mass is 303 g/mol. The molecular weight excluding hydrogens is 282 g/mol. The molecule has 0 aliphatic rings. The lowest BCUT2D eigenvalue weighted by atomic mass is 10.1. The van der Waals surface area contributed by atoms with E-state index in [2.05, 4.69) is 5.32 Å². The highest BCUT2D eigenvalue weighted by molar-refractivity contribution is 7.92. The summed E-state index contributed by atoms with van der Waals surface area (Å²) < 4.78 is 22.5. The van der Waals surface area contributed by atoms with Gasteiger partial charge in [-0.3, -0.25) is 0 Å². The summed E-state index contributed by atoms with van der Waals surface area (Å²) in [6, 6.07) is 7.92. The maximum absolute atomic E-state index is 11.6. The standard InChI is InChI=1S/C14H22ClNO2S/c1-11(9-12-5-7-13(15)8-6-12)16-10-14(2,3)19(4,17)18/h5-8,11,16H,9-10H2,1-4H3. The van der Waals surface area contributed by atoms with Crippen molar-refractivity contribution in [3.63, 3.8) is 0 Å². The summed E-state index contributed by atoms with van der Waals surface area (Å²) in [7, 11) is -3.06. The highest BCUT2D eigenvalue weighted by Gasteiger charge is 2.30. The molecule has 0 bridgehead atoms. The average molecular weight is 304 g/mol. The van der Waals surface area contributed by atoms with E-state index in [1.807, 2.05) is 31.2 Å². The first kappa shape index (κ1) is 16.5. The molecular formula is C14H22ClNO2S. The lowest BCUT2D eigenvalue weighted by Crippen LogP contribution is -2.45. The van der Waals surface area contributed by atoms with E-state index in [0.717, 1.165) is 11.4 Å². The highest BCUT2D eigenvalue weighted by Crippen LogP contribution is 2.15. The lowest BCUT2D eigenvalue weighted by Gasteiger charge is -2.25. The zero-order valence-electron chi connectivity index (χ0n) is 11.9. The topological polar surface area (TPSA) is 46.2 Å². The molecule has 0 spiro atoms. The second-order valence-corrected chi connectivity index (χ2v) is 8.73. The fraction of sp³-hybridized carbons (Fsp3) is 0.571. The van der Waals surface area contributed by atoms with Crippen molar-refractivity contribution in [3.05, 3.63) is 34.9 Å². The van der Waals surface area contributed by atoms with Gasteiger partial charge in [0.15, 0.2) is 9.84 Å². The van der Waals surface area contributed by atoms with Gasteiger partial charge >= 0.3 is 0 Å². The molecule has 0 aliphatic carbocycles. The molecule has 0 saturated heterocycles. The Kier molecular flexibility index (Phi) is 5.42. The van der Waals surface area contributed by atoms with Crippen LogP contribution in [0, 0.1) is 0 Å². The third-order valence-corrected chi connectivity index (χ3v) is 5.74. The summed E-state index contributed by atoms with van der Waals surface area (Å²) in [5, 5.41) is 4.00. The van der Waals surface area contributed by atoms with E-state index in [0.29, 0.717) is 6.54 Å². The number of sulfone groups is 1. The molecule has 5 heteroatoms. The zero-order chi connectivity index (χ0) is 14.7. The van der Waals surface area contributed by atoms with Crippen LogP contribution in [0.2, 0.25) is 5.02 Å². The van der Waals surface area contributed by atoms with Crippen molar-refractivity contribution >= 4 is 21.4 Å². The first-order chi connectivity index (χ1) is 8.62. The number of benzene rings is 1. The maximum atomic E-state index is 11.6. The van der Waals surface area contributed by atoms with Crippen molar-refractivity contribution in [1.82, 2.24) is 5.32 Å². The molecule has 1 aromatic rings. The minimum atomic E-state index is -3.06. The Balaban J connectivity index is 2.53. The van der Waals surface area contributed by atoms with Crippen LogP contribution in [-0.4, -0.2) is 32.0 Å². The van der Waals surface area contributed by atoms with Gasteiger partial charge in [-0.2, -0.15) is 0 Å². The van der Waals surface area contributed by atoms with Crippen molar-refractivity contribution in [2.45, 2.75) is 38.0 Å². The van der Waals surface area contributed by atoms with Crippen LogP contribution >= 0.6 is 11.6 Å². The van der Waals surface area contributed by atoms with Gasteiger partial charge in [0.2, 0.25) is 0 Å². The first-order valence-corrected chi connectivity index (χ1v) is 8.56. The summed E-state index contributed by atoms with van der Waals surface area (Å²) in [6.07, 6.45) is 2.12. The van der Waals surface area contributed by atoms with E-state index in [1.54, 1.807) is 13.8 Å². The third kappa shape index (κ3) is 5.13. The molecule has 1 unspecified atom stereocenters. The van der Waals surface area contributed by atoms with Crippen molar-refractivity contribution in [3.8, 4) is 0 Å². The normalized spacial score (nSPS) is 14.4. The van der Waals surface area contributed by atoms with Crippen LogP contribution < -0.4 is 5.32 Å². The molecule has 0 aliphatic heterocycles. The number of halogens is 1.